The molecule has 0 radical (unpaired) electrons. The Balaban J connectivity index is 1.69. The lowest BCUT2D eigenvalue weighted by molar-refractivity contribution is -0.115. The minimum absolute atomic E-state index is 0.103. The number of carbonyl (C=O) groups is 1. The predicted octanol–water partition coefficient (Wildman–Crippen LogP) is 3.43. The highest BCUT2D eigenvalue weighted by Gasteiger charge is 2.12. The average molecular weight is 317 g/mol. The van der Waals surface area contributed by atoms with E-state index in [9.17, 15) is 9.18 Å². The lowest BCUT2D eigenvalue weighted by atomic mass is 10.2. The Morgan fingerprint density at radius 3 is 2.95 bits per heavy atom. The number of thiazole rings is 1. The van der Waals surface area contributed by atoms with Gasteiger partial charge in [-0.2, -0.15) is 0 Å². The van der Waals surface area contributed by atoms with Gasteiger partial charge in [0.15, 0.2) is 5.13 Å². The lowest BCUT2D eigenvalue weighted by Gasteiger charge is -1.99. The fourth-order valence-corrected chi connectivity index (χ4v) is 2.68. The Labute approximate surface area is 129 Å². The predicted molar refractivity (Wildman–Crippen MR) is 81.1 cm³/mol. The van der Waals surface area contributed by atoms with E-state index in [1.165, 1.54) is 17.4 Å². The van der Waals surface area contributed by atoms with Crippen LogP contribution in [0.4, 0.5) is 9.52 Å². The molecule has 2 heterocycles. The van der Waals surface area contributed by atoms with Crippen molar-refractivity contribution in [2.75, 3.05) is 5.32 Å². The van der Waals surface area contributed by atoms with Gasteiger partial charge in [0.05, 0.1) is 17.8 Å². The minimum Gasteiger partial charge on any atom is -0.361 e. The van der Waals surface area contributed by atoms with Crippen LogP contribution in [0.5, 0.6) is 0 Å². The summed E-state index contributed by atoms with van der Waals surface area (Å²) in [5.41, 5.74) is 1.46. The molecule has 0 saturated heterocycles. The molecule has 1 amide bonds. The molecule has 5 nitrogen and oxygen atoms in total. The molecule has 2 aromatic heterocycles. The summed E-state index contributed by atoms with van der Waals surface area (Å²) in [6.07, 6.45) is 0.103. The molecule has 3 rings (SSSR count). The van der Waals surface area contributed by atoms with E-state index in [0.29, 0.717) is 27.8 Å². The van der Waals surface area contributed by atoms with Gasteiger partial charge in [-0.3, -0.25) is 4.79 Å². The van der Waals surface area contributed by atoms with Crippen molar-refractivity contribution in [1.82, 2.24) is 10.1 Å². The quantitative estimate of drug-likeness (QED) is 0.800. The van der Waals surface area contributed by atoms with Gasteiger partial charge < -0.3 is 9.84 Å². The second-order valence-corrected chi connectivity index (χ2v) is 5.53. The molecule has 0 aliphatic carbocycles. The number of aryl methyl sites for hydroxylation is 1. The molecule has 0 aliphatic rings. The molecule has 0 aliphatic heterocycles. The van der Waals surface area contributed by atoms with Crippen molar-refractivity contribution in [3.63, 3.8) is 0 Å². The van der Waals surface area contributed by atoms with Crippen LogP contribution in [0.1, 0.15) is 11.5 Å². The van der Waals surface area contributed by atoms with Crippen molar-refractivity contribution in [3.8, 4) is 11.3 Å². The summed E-state index contributed by atoms with van der Waals surface area (Å²) < 4.78 is 18.6. The lowest BCUT2D eigenvalue weighted by Crippen LogP contribution is -2.14. The van der Waals surface area contributed by atoms with Crippen LogP contribution in [0.25, 0.3) is 11.3 Å². The maximum Gasteiger partial charge on any atom is 0.232 e. The van der Waals surface area contributed by atoms with Gasteiger partial charge in [0.2, 0.25) is 5.91 Å². The topological polar surface area (TPSA) is 68.0 Å². The molecule has 3 aromatic rings. The smallest absolute Gasteiger partial charge is 0.232 e. The highest BCUT2D eigenvalue weighted by molar-refractivity contribution is 7.14. The van der Waals surface area contributed by atoms with E-state index in [4.69, 9.17) is 4.52 Å². The number of anilines is 1. The van der Waals surface area contributed by atoms with Gasteiger partial charge in [-0.05, 0) is 19.1 Å². The summed E-state index contributed by atoms with van der Waals surface area (Å²) in [6, 6.07) is 8.08. The third-order valence-electron chi connectivity index (χ3n) is 2.92. The zero-order chi connectivity index (χ0) is 15.5. The zero-order valence-electron chi connectivity index (χ0n) is 11.7. The molecule has 0 saturated carbocycles. The van der Waals surface area contributed by atoms with Crippen molar-refractivity contribution >= 4 is 22.4 Å². The molecule has 1 aromatic carbocycles. The van der Waals surface area contributed by atoms with E-state index in [2.05, 4.69) is 15.5 Å². The van der Waals surface area contributed by atoms with E-state index in [-0.39, 0.29) is 18.1 Å². The third kappa shape index (κ3) is 3.20. The van der Waals surface area contributed by atoms with Crippen molar-refractivity contribution < 1.29 is 13.7 Å². The monoisotopic (exact) mass is 317 g/mol. The van der Waals surface area contributed by atoms with Crippen molar-refractivity contribution in [2.45, 2.75) is 13.3 Å². The van der Waals surface area contributed by atoms with E-state index in [1.807, 2.05) is 0 Å². The highest BCUT2D eigenvalue weighted by atomic mass is 32.1. The molecule has 0 spiro atoms. The van der Waals surface area contributed by atoms with Gasteiger partial charge >= 0.3 is 0 Å². The van der Waals surface area contributed by atoms with Crippen LogP contribution in [0, 0.1) is 12.7 Å². The van der Waals surface area contributed by atoms with Crippen molar-refractivity contribution in [1.29, 1.82) is 0 Å². The molecule has 1 N–H and O–H groups in total. The number of hydrogen-bond donors (Lipinski definition) is 1. The highest BCUT2D eigenvalue weighted by Crippen LogP contribution is 2.26. The number of carbonyl (C=O) groups excluding carboxylic acids is 1. The second kappa shape index (κ2) is 6.07. The molecule has 0 bridgehead atoms. The first-order valence-corrected chi connectivity index (χ1v) is 7.42. The van der Waals surface area contributed by atoms with Crippen LogP contribution in [-0.2, 0) is 11.2 Å². The summed E-state index contributed by atoms with van der Waals surface area (Å²) in [7, 11) is 0. The maximum absolute atomic E-state index is 13.7. The number of halogens is 1. The summed E-state index contributed by atoms with van der Waals surface area (Å²) in [4.78, 5) is 16.1. The maximum atomic E-state index is 13.7. The van der Waals surface area contributed by atoms with Gasteiger partial charge in [0, 0.05) is 17.0 Å². The van der Waals surface area contributed by atoms with Crippen LogP contribution in [0.15, 0.2) is 40.2 Å². The second-order valence-electron chi connectivity index (χ2n) is 4.67. The Morgan fingerprint density at radius 2 is 2.23 bits per heavy atom. The van der Waals surface area contributed by atoms with Crippen LogP contribution in [0.2, 0.25) is 0 Å². The first kappa shape index (κ1) is 14.4. The van der Waals surface area contributed by atoms with Gasteiger partial charge in [0.25, 0.3) is 0 Å². The molecule has 7 heteroatoms. The fourth-order valence-electron chi connectivity index (χ4n) is 1.95. The molecular formula is C15H12FN3O2S. The summed E-state index contributed by atoms with van der Waals surface area (Å²) in [5.74, 6) is 0.0605. The number of rotatable bonds is 4. The Bertz CT molecular complexity index is 812. The normalized spacial score (nSPS) is 10.6. The standard InChI is InChI=1S/C15H12FN3O2S/c1-9-6-10(19-21-9)7-14(20)18-15-17-13(8-22-15)11-4-2-3-5-12(11)16/h2-6,8H,7H2,1H3,(H,17,18,20). The zero-order valence-corrected chi connectivity index (χ0v) is 12.5. The van der Waals surface area contributed by atoms with Gasteiger partial charge in [-0.15, -0.1) is 11.3 Å². The van der Waals surface area contributed by atoms with Gasteiger partial charge in [-0.25, -0.2) is 9.37 Å². The molecule has 112 valence electrons. The van der Waals surface area contributed by atoms with E-state index >= 15 is 0 Å². The summed E-state index contributed by atoms with van der Waals surface area (Å²) >= 11 is 1.24. The molecule has 0 atom stereocenters. The Kier molecular flexibility index (Phi) is 3.97. The number of aromatic nitrogens is 2. The van der Waals surface area contributed by atoms with Gasteiger partial charge in [-0.1, -0.05) is 17.3 Å². The van der Waals surface area contributed by atoms with Crippen LogP contribution >= 0.6 is 11.3 Å². The number of benzene rings is 1. The third-order valence-corrected chi connectivity index (χ3v) is 3.68. The SMILES string of the molecule is Cc1cc(CC(=O)Nc2nc(-c3ccccc3F)cs2)no1. The Hall–Kier alpha value is -2.54. The van der Waals surface area contributed by atoms with E-state index < -0.39 is 0 Å². The fraction of sp³-hybridized carbons (Fsp3) is 0.133. The van der Waals surface area contributed by atoms with E-state index in [1.54, 1.807) is 36.6 Å². The summed E-state index contributed by atoms with van der Waals surface area (Å²) in [5, 5.41) is 8.56. The van der Waals surface area contributed by atoms with Crippen LogP contribution < -0.4 is 5.32 Å². The molecule has 0 unspecified atom stereocenters. The first-order chi connectivity index (χ1) is 10.6. The molecular weight excluding hydrogens is 305 g/mol. The first-order valence-electron chi connectivity index (χ1n) is 6.54. The van der Waals surface area contributed by atoms with Crippen LogP contribution in [0.3, 0.4) is 0 Å². The molecule has 22 heavy (non-hydrogen) atoms. The van der Waals surface area contributed by atoms with Gasteiger partial charge in [0.1, 0.15) is 11.6 Å². The van der Waals surface area contributed by atoms with E-state index in [0.717, 1.165) is 0 Å². The number of nitrogens with one attached hydrogen (secondary N) is 1. The average Bonchev–Trinajstić information content (AvgIpc) is 3.09. The minimum atomic E-state index is -0.344. The Morgan fingerprint density at radius 1 is 1.41 bits per heavy atom. The number of hydrogen-bond acceptors (Lipinski definition) is 5. The largest absolute Gasteiger partial charge is 0.361 e. The summed E-state index contributed by atoms with van der Waals surface area (Å²) in [6.45, 7) is 1.76. The van der Waals surface area contributed by atoms with Crippen molar-refractivity contribution in [3.05, 3.63) is 53.0 Å². The van der Waals surface area contributed by atoms with Crippen LogP contribution in [-0.4, -0.2) is 16.0 Å². The number of amides is 1. The van der Waals surface area contributed by atoms with Crippen molar-refractivity contribution in [2.24, 2.45) is 0 Å². The number of nitrogens with zero attached hydrogens (tertiary/aromatic N) is 2. The molecule has 0 fully saturated rings.